The fourth-order valence-corrected chi connectivity index (χ4v) is 4.79. The van der Waals surface area contributed by atoms with E-state index < -0.39 is 0 Å². The molecule has 0 bridgehead atoms. The summed E-state index contributed by atoms with van der Waals surface area (Å²) in [6.07, 6.45) is 9.16. The number of amides is 1. The van der Waals surface area contributed by atoms with Crippen LogP contribution in [0.25, 0.3) is 0 Å². The van der Waals surface area contributed by atoms with Crippen molar-refractivity contribution >= 4 is 5.91 Å². The van der Waals surface area contributed by atoms with E-state index in [1.165, 1.54) is 37.7 Å². The van der Waals surface area contributed by atoms with Gasteiger partial charge in [-0.2, -0.15) is 0 Å². The molecule has 132 valence electrons. The molecule has 2 nitrogen and oxygen atoms in total. The topological polar surface area (TPSA) is 20.3 Å². The number of nitrogens with zero attached hydrogens (tertiary/aromatic N) is 1. The van der Waals surface area contributed by atoms with Crippen molar-refractivity contribution in [3.05, 3.63) is 35.9 Å². The highest BCUT2D eigenvalue weighted by Crippen LogP contribution is 2.42. The van der Waals surface area contributed by atoms with Gasteiger partial charge in [0, 0.05) is 13.1 Å². The second-order valence-electron chi connectivity index (χ2n) is 8.38. The van der Waals surface area contributed by atoms with Crippen molar-refractivity contribution in [3.8, 4) is 0 Å². The average Bonchev–Trinajstić information content (AvgIpc) is 2.63. The maximum Gasteiger partial charge on any atom is 0.229 e. The van der Waals surface area contributed by atoms with Crippen LogP contribution in [0.5, 0.6) is 0 Å². The minimum atomic E-state index is -0.135. The van der Waals surface area contributed by atoms with E-state index in [2.05, 4.69) is 49.1 Å². The Morgan fingerprint density at radius 1 is 1.08 bits per heavy atom. The van der Waals surface area contributed by atoms with Gasteiger partial charge < -0.3 is 4.90 Å². The Morgan fingerprint density at radius 2 is 1.71 bits per heavy atom. The summed E-state index contributed by atoms with van der Waals surface area (Å²) >= 11 is 0. The zero-order valence-corrected chi connectivity index (χ0v) is 15.5. The van der Waals surface area contributed by atoms with Gasteiger partial charge in [-0.05, 0) is 49.5 Å². The van der Waals surface area contributed by atoms with Crippen LogP contribution < -0.4 is 0 Å². The van der Waals surface area contributed by atoms with E-state index in [1.807, 2.05) is 0 Å². The molecule has 1 saturated carbocycles. The molecule has 0 atom stereocenters. The van der Waals surface area contributed by atoms with Crippen molar-refractivity contribution in [1.82, 2.24) is 4.90 Å². The highest BCUT2D eigenvalue weighted by molar-refractivity contribution is 5.83. The number of rotatable bonds is 4. The lowest BCUT2D eigenvalue weighted by molar-refractivity contribution is -0.146. The first kappa shape index (κ1) is 17.5. The Bertz CT molecular complexity index is 522. The monoisotopic (exact) mass is 327 g/mol. The van der Waals surface area contributed by atoms with Crippen molar-refractivity contribution in [1.29, 1.82) is 0 Å². The zero-order valence-electron chi connectivity index (χ0n) is 15.5. The van der Waals surface area contributed by atoms with Gasteiger partial charge in [-0.3, -0.25) is 4.79 Å². The number of piperidine rings is 1. The molecule has 2 heteroatoms. The molecule has 0 N–H and O–H groups in total. The smallest absolute Gasteiger partial charge is 0.229 e. The third-order valence-corrected chi connectivity index (χ3v) is 6.42. The standard InChI is InChI=1S/C22H33NO/c1-18(2)20-11-15-23(16-12-20)21(24)22(13-7-4-8-14-22)17-19-9-5-3-6-10-19/h3,5-6,9-10,18,20H,4,7-8,11-17H2,1-2H3. The Balaban J connectivity index is 1.72. The fraction of sp³-hybridized carbons (Fsp3) is 0.682. The molecule has 1 aromatic rings. The second-order valence-corrected chi connectivity index (χ2v) is 8.38. The number of hydrogen-bond acceptors (Lipinski definition) is 1. The van der Waals surface area contributed by atoms with Crippen molar-refractivity contribution < 1.29 is 4.79 Å². The van der Waals surface area contributed by atoms with Crippen molar-refractivity contribution in [3.63, 3.8) is 0 Å². The van der Waals surface area contributed by atoms with E-state index in [9.17, 15) is 4.79 Å². The maximum absolute atomic E-state index is 13.5. The van der Waals surface area contributed by atoms with E-state index in [0.717, 1.165) is 44.2 Å². The van der Waals surface area contributed by atoms with Crippen LogP contribution in [-0.4, -0.2) is 23.9 Å². The predicted octanol–water partition coefficient (Wildman–Crippen LogP) is 5.07. The summed E-state index contributed by atoms with van der Waals surface area (Å²) < 4.78 is 0. The molecule has 2 aliphatic rings. The summed E-state index contributed by atoms with van der Waals surface area (Å²) in [5.74, 6) is 1.99. The van der Waals surface area contributed by atoms with Gasteiger partial charge in [-0.15, -0.1) is 0 Å². The Hall–Kier alpha value is -1.31. The lowest BCUT2D eigenvalue weighted by Crippen LogP contribution is -2.49. The van der Waals surface area contributed by atoms with Gasteiger partial charge in [0.05, 0.1) is 5.41 Å². The molecule has 1 aliphatic carbocycles. The third kappa shape index (κ3) is 3.84. The summed E-state index contributed by atoms with van der Waals surface area (Å²) in [4.78, 5) is 15.7. The van der Waals surface area contributed by atoms with Crippen molar-refractivity contribution in [2.45, 2.75) is 65.2 Å². The second kappa shape index (κ2) is 7.72. The Labute approximate surface area is 147 Å². The summed E-state index contributed by atoms with van der Waals surface area (Å²) in [7, 11) is 0. The van der Waals surface area contributed by atoms with Crippen LogP contribution in [-0.2, 0) is 11.2 Å². The van der Waals surface area contributed by atoms with Crippen LogP contribution in [0.2, 0.25) is 0 Å². The molecule has 0 aromatic heterocycles. The van der Waals surface area contributed by atoms with Gasteiger partial charge in [0.25, 0.3) is 0 Å². The van der Waals surface area contributed by atoms with Gasteiger partial charge in [-0.25, -0.2) is 0 Å². The fourth-order valence-electron chi connectivity index (χ4n) is 4.79. The Morgan fingerprint density at radius 3 is 2.29 bits per heavy atom. The molecule has 24 heavy (non-hydrogen) atoms. The molecule has 0 unspecified atom stereocenters. The summed E-state index contributed by atoms with van der Waals surface area (Å²) in [6, 6.07) is 10.6. The molecular weight excluding hydrogens is 294 g/mol. The van der Waals surface area contributed by atoms with Crippen LogP contribution in [0.1, 0.15) is 64.4 Å². The zero-order chi connectivity index (χ0) is 17.0. The number of benzene rings is 1. The number of hydrogen-bond donors (Lipinski definition) is 0. The SMILES string of the molecule is CC(C)C1CCN(C(=O)C2(Cc3ccccc3)CCCCC2)CC1. The van der Waals surface area contributed by atoms with Crippen LogP contribution >= 0.6 is 0 Å². The maximum atomic E-state index is 13.5. The lowest BCUT2D eigenvalue weighted by atomic mass is 9.69. The van der Waals surface area contributed by atoms with E-state index in [0.29, 0.717) is 5.91 Å². The molecule has 2 fully saturated rings. The van der Waals surface area contributed by atoms with E-state index in [1.54, 1.807) is 0 Å². The lowest BCUT2D eigenvalue weighted by Gasteiger charge is -2.43. The first-order valence-electron chi connectivity index (χ1n) is 9.94. The van der Waals surface area contributed by atoms with Crippen LogP contribution in [0.3, 0.4) is 0 Å². The minimum absolute atomic E-state index is 0.135. The minimum Gasteiger partial charge on any atom is -0.342 e. The molecule has 0 spiro atoms. The molecular formula is C22H33NO. The van der Waals surface area contributed by atoms with Gasteiger partial charge >= 0.3 is 0 Å². The Kier molecular flexibility index (Phi) is 5.63. The normalized spacial score (nSPS) is 21.9. The third-order valence-electron chi connectivity index (χ3n) is 6.42. The number of likely N-dealkylation sites (tertiary alicyclic amines) is 1. The van der Waals surface area contributed by atoms with E-state index in [-0.39, 0.29) is 5.41 Å². The molecule has 1 aromatic carbocycles. The number of carbonyl (C=O) groups is 1. The summed E-state index contributed by atoms with van der Waals surface area (Å²) in [5.41, 5.74) is 1.19. The molecule has 1 aliphatic heterocycles. The van der Waals surface area contributed by atoms with Gasteiger partial charge in [-0.1, -0.05) is 63.4 Å². The molecule has 1 saturated heterocycles. The molecule has 1 heterocycles. The largest absolute Gasteiger partial charge is 0.342 e. The van der Waals surface area contributed by atoms with Crippen molar-refractivity contribution in [2.75, 3.05) is 13.1 Å². The first-order valence-corrected chi connectivity index (χ1v) is 9.94. The highest BCUT2D eigenvalue weighted by Gasteiger charge is 2.42. The van der Waals surface area contributed by atoms with Gasteiger partial charge in [0.15, 0.2) is 0 Å². The van der Waals surface area contributed by atoms with E-state index >= 15 is 0 Å². The quantitative estimate of drug-likeness (QED) is 0.755. The molecule has 3 rings (SSSR count). The van der Waals surface area contributed by atoms with Crippen molar-refractivity contribution in [2.24, 2.45) is 17.3 Å². The van der Waals surface area contributed by atoms with Crippen LogP contribution in [0.4, 0.5) is 0 Å². The molecule has 1 amide bonds. The first-order chi connectivity index (χ1) is 11.6. The van der Waals surface area contributed by atoms with Crippen LogP contribution in [0.15, 0.2) is 30.3 Å². The van der Waals surface area contributed by atoms with Gasteiger partial charge in [0.1, 0.15) is 0 Å². The predicted molar refractivity (Wildman–Crippen MR) is 99.8 cm³/mol. The van der Waals surface area contributed by atoms with E-state index in [4.69, 9.17) is 0 Å². The highest BCUT2D eigenvalue weighted by atomic mass is 16.2. The van der Waals surface area contributed by atoms with Gasteiger partial charge in [0.2, 0.25) is 5.91 Å². The summed E-state index contributed by atoms with van der Waals surface area (Å²) in [5, 5.41) is 0. The number of carbonyl (C=O) groups excluding carboxylic acids is 1. The average molecular weight is 328 g/mol. The summed E-state index contributed by atoms with van der Waals surface area (Å²) in [6.45, 7) is 6.58. The van der Waals surface area contributed by atoms with Crippen LogP contribution in [0, 0.1) is 17.3 Å². The molecule has 0 radical (unpaired) electrons.